The summed E-state index contributed by atoms with van der Waals surface area (Å²) in [6.07, 6.45) is 57.1. The SMILES string of the molecule is CCCCCCCCCCC/C=C/CCCCCC(CC(=O)NC(CO)C(O)CCCCCCCCCCCC)OC(=O)CCCCCCCCCCCCCCCCCCC. The van der Waals surface area contributed by atoms with Crippen LogP contribution in [0.5, 0.6) is 0 Å². The number of hydrogen-bond donors (Lipinski definition) is 3. The Bertz CT molecular complexity index is 939. The van der Waals surface area contributed by atoms with Gasteiger partial charge in [0.15, 0.2) is 0 Å². The first kappa shape index (κ1) is 60.6. The van der Waals surface area contributed by atoms with E-state index in [1.165, 1.54) is 205 Å². The molecule has 62 heavy (non-hydrogen) atoms. The summed E-state index contributed by atoms with van der Waals surface area (Å²) in [5.41, 5.74) is 0. The van der Waals surface area contributed by atoms with E-state index in [2.05, 4.69) is 38.2 Å². The smallest absolute Gasteiger partial charge is 0.306 e. The van der Waals surface area contributed by atoms with Crippen LogP contribution in [-0.4, -0.2) is 46.9 Å². The van der Waals surface area contributed by atoms with E-state index in [0.29, 0.717) is 19.3 Å². The number of allylic oxidation sites excluding steroid dienone is 2. The van der Waals surface area contributed by atoms with Crippen molar-refractivity contribution in [1.82, 2.24) is 5.32 Å². The molecule has 0 spiro atoms. The van der Waals surface area contributed by atoms with Crippen molar-refractivity contribution in [3.05, 3.63) is 12.2 Å². The fraction of sp³-hybridized carbons (Fsp3) is 0.929. The zero-order chi connectivity index (χ0) is 45.2. The summed E-state index contributed by atoms with van der Waals surface area (Å²) < 4.78 is 5.95. The van der Waals surface area contributed by atoms with Gasteiger partial charge < -0.3 is 20.3 Å². The molecule has 0 aromatic heterocycles. The van der Waals surface area contributed by atoms with Crippen molar-refractivity contribution in [1.29, 1.82) is 0 Å². The second-order valence-corrected chi connectivity index (χ2v) is 19.3. The number of unbranched alkanes of at least 4 members (excludes halogenated alkanes) is 37. The second-order valence-electron chi connectivity index (χ2n) is 19.3. The van der Waals surface area contributed by atoms with Crippen molar-refractivity contribution in [2.24, 2.45) is 0 Å². The molecule has 0 saturated heterocycles. The number of esters is 1. The van der Waals surface area contributed by atoms with E-state index in [9.17, 15) is 19.8 Å². The lowest BCUT2D eigenvalue weighted by Crippen LogP contribution is -2.46. The number of carbonyl (C=O) groups is 2. The van der Waals surface area contributed by atoms with Gasteiger partial charge in [0.1, 0.15) is 6.10 Å². The molecule has 0 radical (unpaired) electrons. The molecule has 0 aromatic carbocycles. The highest BCUT2D eigenvalue weighted by atomic mass is 16.5. The van der Waals surface area contributed by atoms with Gasteiger partial charge >= 0.3 is 5.97 Å². The number of aliphatic hydroxyl groups excluding tert-OH is 2. The third kappa shape index (κ3) is 45.2. The molecule has 3 N–H and O–H groups in total. The molecule has 1 amide bonds. The van der Waals surface area contributed by atoms with Gasteiger partial charge in [-0.3, -0.25) is 9.59 Å². The van der Waals surface area contributed by atoms with Crippen LogP contribution in [0.3, 0.4) is 0 Å². The summed E-state index contributed by atoms with van der Waals surface area (Å²) in [6.45, 7) is 6.50. The molecule has 0 aliphatic rings. The largest absolute Gasteiger partial charge is 0.462 e. The fourth-order valence-corrected chi connectivity index (χ4v) is 8.84. The summed E-state index contributed by atoms with van der Waals surface area (Å²) in [7, 11) is 0. The zero-order valence-electron chi connectivity index (χ0n) is 42.0. The van der Waals surface area contributed by atoms with E-state index in [-0.39, 0.29) is 24.9 Å². The Morgan fingerprint density at radius 3 is 1.16 bits per heavy atom. The lowest BCUT2D eigenvalue weighted by Gasteiger charge is -2.24. The van der Waals surface area contributed by atoms with E-state index in [1.54, 1.807) is 0 Å². The highest BCUT2D eigenvalue weighted by Crippen LogP contribution is 2.18. The van der Waals surface area contributed by atoms with Crippen LogP contribution < -0.4 is 5.32 Å². The Kier molecular flexibility index (Phi) is 49.5. The monoisotopic (exact) mass is 876 g/mol. The summed E-state index contributed by atoms with van der Waals surface area (Å²) in [5, 5.41) is 23.8. The van der Waals surface area contributed by atoms with Crippen molar-refractivity contribution in [3.8, 4) is 0 Å². The predicted octanol–water partition coefficient (Wildman–Crippen LogP) is 16.9. The molecule has 3 atom stereocenters. The van der Waals surface area contributed by atoms with Crippen LogP contribution in [0.2, 0.25) is 0 Å². The van der Waals surface area contributed by atoms with E-state index >= 15 is 0 Å². The number of hydrogen-bond acceptors (Lipinski definition) is 5. The number of amides is 1. The van der Waals surface area contributed by atoms with Gasteiger partial charge in [0.2, 0.25) is 5.91 Å². The summed E-state index contributed by atoms with van der Waals surface area (Å²) >= 11 is 0. The minimum absolute atomic E-state index is 0.0743. The molecule has 368 valence electrons. The molecule has 0 bridgehead atoms. The number of ether oxygens (including phenoxy) is 1. The van der Waals surface area contributed by atoms with Crippen LogP contribution in [-0.2, 0) is 14.3 Å². The van der Waals surface area contributed by atoms with Crippen LogP contribution in [0.4, 0.5) is 0 Å². The summed E-state index contributed by atoms with van der Waals surface area (Å²) in [4.78, 5) is 26.2. The summed E-state index contributed by atoms with van der Waals surface area (Å²) in [6, 6.07) is -0.699. The average Bonchev–Trinajstić information content (AvgIpc) is 3.26. The Morgan fingerprint density at radius 2 is 0.774 bits per heavy atom. The van der Waals surface area contributed by atoms with Gasteiger partial charge in [-0.1, -0.05) is 258 Å². The van der Waals surface area contributed by atoms with E-state index in [4.69, 9.17) is 4.74 Å². The average molecular weight is 876 g/mol. The molecule has 0 aromatic rings. The van der Waals surface area contributed by atoms with Crippen molar-refractivity contribution in [3.63, 3.8) is 0 Å². The quantitative estimate of drug-likeness (QED) is 0.0321. The molecular formula is C56H109NO5. The first-order chi connectivity index (χ1) is 30.5. The lowest BCUT2D eigenvalue weighted by atomic mass is 10.0. The minimum atomic E-state index is -0.785. The minimum Gasteiger partial charge on any atom is -0.462 e. The molecule has 0 saturated carbocycles. The molecule has 0 rings (SSSR count). The first-order valence-corrected chi connectivity index (χ1v) is 27.9. The van der Waals surface area contributed by atoms with E-state index in [0.717, 1.165) is 57.8 Å². The molecule has 0 fully saturated rings. The number of rotatable bonds is 51. The maximum Gasteiger partial charge on any atom is 0.306 e. The van der Waals surface area contributed by atoms with E-state index in [1.807, 2.05) is 0 Å². The van der Waals surface area contributed by atoms with E-state index < -0.39 is 18.2 Å². The van der Waals surface area contributed by atoms with Gasteiger partial charge in [0.25, 0.3) is 0 Å². The number of nitrogens with one attached hydrogen (secondary N) is 1. The lowest BCUT2D eigenvalue weighted by molar-refractivity contribution is -0.151. The maximum atomic E-state index is 13.2. The van der Waals surface area contributed by atoms with Gasteiger partial charge in [0.05, 0.1) is 25.2 Å². The van der Waals surface area contributed by atoms with Crippen molar-refractivity contribution in [2.75, 3.05) is 6.61 Å². The molecule has 3 unspecified atom stereocenters. The molecule has 0 aliphatic heterocycles. The Morgan fingerprint density at radius 1 is 0.452 bits per heavy atom. The zero-order valence-corrected chi connectivity index (χ0v) is 42.0. The van der Waals surface area contributed by atoms with Crippen molar-refractivity contribution >= 4 is 11.9 Å². The maximum absolute atomic E-state index is 13.2. The molecule has 0 heterocycles. The first-order valence-electron chi connectivity index (χ1n) is 27.9. The Hall–Kier alpha value is -1.40. The normalized spacial score (nSPS) is 13.2. The fourth-order valence-electron chi connectivity index (χ4n) is 8.84. The van der Waals surface area contributed by atoms with Crippen molar-refractivity contribution < 1.29 is 24.5 Å². The van der Waals surface area contributed by atoms with Crippen LogP contribution in [0.15, 0.2) is 12.2 Å². The van der Waals surface area contributed by atoms with Crippen LogP contribution >= 0.6 is 0 Å². The standard InChI is InChI=1S/C56H109NO5/c1-4-7-10-13-16-19-22-24-26-28-30-32-34-37-40-43-46-49-56(61)62-52(47-44-41-38-35-33-31-29-27-25-23-20-17-14-11-8-5-2)50-55(60)57-53(51-58)54(59)48-45-42-39-36-21-18-15-12-9-6-3/h31,33,52-54,58-59H,4-30,32,34-51H2,1-3H3,(H,57,60)/b33-31+. The highest BCUT2D eigenvalue weighted by Gasteiger charge is 2.24. The molecular weight excluding hydrogens is 767 g/mol. The van der Waals surface area contributed by atoms with Crippen LogP contribution in [0, 0.1) is 0 Å². The molecule has 6 nitrogen and oxygen atoms in total. The van der Waals surface area contributed by atoms with Crippen LogP contribution in [0.1, 0.15) is 310 Å². The Balaban J connectivity index is 4.52. The third-order valence-corrected chi connectivity index (χ3v) is 13.1. The van der Waals surface area contributed by atoms with Gasteiger partial charge in [-0.15, -0.1) is 0 Å². The predicted molar refractivity (Wildman–Crippen MR) is 269 cm³/mol. The highest BCUT2D eigenvalue weighted by molar-refractivity contribution is 5.77. The summed E-state index contributed by atoms with van der Waals surface area (Å²) in [5.74, 6) is -0.468. The number of carbonyl (C=O) groups excluding carboxylic acids is 2. The second kappa shape index (κ2) is 50.6. The third-order valence-electron chi connectivity index (χ3n) is 13.1. The van der Waals surface area contributed by atoms with Crippen LogP contribution in [0.25, 0.3) is 0 Å². The van der Waals surface area contributed by atoms with Crippen molar-refractivity contribution in [2.45, 2.75) is 328 Å². The Labute approximate surface area is 387 Å². The molecule has 0 aliphatic carbocycles. The van der Waals surface area contributed by atoms with Gasteiger partial charge in [-0.25, -0.2) is 0 Å². The van der Waals surface area contributed by atoms with Gasteiger partial charge in [-0.05, 0) is 51.4 Å². The van der Waals surface area contributed by atoms with Gasteiger partial charge in [-0.2, -0.15) is 0 Å². The molecule has 6 heteroatoms. The topological polar surface area (TPSA) is 95.9 Å². The van der Waals surface area contributed by atoms with Gasteiger partial charge in [0, 0.05) is 6.42 Å². The number of aliphatic hydroxyl groups is 2.